The predicted molar refractivity (Wildman–Crippen MR) is 79.6 cm³/mol. The number of hydrogen-bond acceptors (Lipinski definition) is 4. The van der Waals surface area contributed by atoms with E-state index in [2.05, 4.69) is 11.4 Å². The fourth-order valence-corrected chi connectivity index (χ4v) is 2.88. The topological polar surface area (TPSA) is 64.4 Å². The quantitative estimate of drug-likeness (QED) is 0.695. The standard InChI is InChI=1S/C16H16N2O3/c1-21-15-4-2-3-12-9-17-10-14(16(12)15)11-5-7-13(8-6-11)18(19)20/h2-8,14,17H,9-10H2,1H3. The van der Waals surface area contributed by atoms with Crippen molar-refractivity contribution in [1.29, 1.82) is 0 Å². The number of nitro groups is 1. The number of ether oxygens (including phenoxy) is 1. The Bertz CT molecular complexity index is 653. The average Bonchev–Trinajstić information content (AvgIpc) is 2.53. The van der Waals surface area contributed by atoms with Crippen LogP contribution in [0.1, 0.15) is 22.6 Å². The summed E-state index contributed by atoms with van der Waals surface area (Å²) in [7, 11) is 1.67. The molecule has 2 aromatic rings. The maximum Gasteiger partial charge on any atom is 0.269 e. The number of nitrogens with zero attached hydrogens (tertiary/aromatic N) is 1. The molecule has 0 bridgehead atoms. The number of hydrogen-bond donors (Lipinski definition) is 1. The van der Waals surface area contributed by atoms with Crippen LogP contribution in [0.2, 0.25) is 0 Å². The second-order valence-corrected chi connectivity index (χ2v) is 5.07. The van der Waals surface area contributed by atoms with E-state index in [1.165, 1.54) is 11.1 Å². The van der Waals surface area contributed by atoms with E-state index in [-0.39, 0.29) is 16.5 Å². The Morgan fingerprint density at radius 1 is 1.24 bits per heavy atom. The Labute approximate surface area is 122 Å². The fourth-order valence-electron chi connectivity index (χ4n) is 2.88. The number of benzene rings is 2. The molecular formula is C16H16N2O3. The Hall–Kier alpha value is -2.40. The van der Waals surface area contributed by atoms with Gasteiger partial charge in [0.25, 0.3) is 5.69 Å². The lowest BCUT2D eigenvalue weighted by Crippen LogP contribution is -2.29. The van der Waals surface area contributed by atoms with E-state index < -0.39 is 0 Å². The van der Waals surface area contributed by atoms with Gasteiger partial charge in [-0.3, -0.25) is 10.1 Å². The summed E-state index contributed by atoms with van der Waals surface area (Å²) in [4.78, 5) is 10.4. The van der Waals surface area contributed by atoms with Crippen molar-refractivity contribution in [3.63, 3.8) is 0 Å². The van der Waals surface area contributed by atoms with Crippen molar-refractivity contribution in [3.05, 3.63) is 69.3 Å². The Morgan fingerprint density at radius 3 is 2.67 bits per heavy atom. The van der Waals surface area contributed by atoms with Gasteiger partial charge in [-0.1, -0.05) is 24.3 Å². The van der Waals surface area contributed by atoms with Gasteiger partial charge in [-0.2, -0.15) is 0 Å². The summed E-state index contributed by atoms with van der Waals surface area (Å²) in [6.45, 7) is 1.61. The molecule has 5 nitrogen and oxygen atoms in total. The van der Waals surface area contributed by atoms with Gasteiger partial charge in [-0.15, -0.1) is 0 Å². The van der Waals surface area contributed by atoms with E-state index in [0.29, 0.717) is 0 Å². The number of rotatable bonds is 3. The maximum atomic E-state index is 10.8. The first-order valence-corrected chi connectivity index (χ1v) is 6.81. The lowest BCUT2D eigenvalue weighted by molar-refractivity contribution is -0.384. The van der Waals surface area contributed by atoms with Crippen LogP contribution in [0.4, 0.5) is 5.69 Å². The fraction of sp³-hybridized carbons (Fsp3) is 0.250. The van der Waals surface area contributed by atoms with E-state index >= 15 is 0 Å². The lowest BCUT2D eigenvalue weighted by Gasteiger charge is -2.28. The van der Waals surface area contributed by atoms with Gasteiger partial charge in [0.1, 0.15) is 5.75 Å². The maximum absolute atomic E-state index is 10.8. The van der Waals surface area contributed by atoms with Crippen molar-refractivity contribution in [2.45, 2.75) is 12.5 Å². The van der Waals surface area contributed by atoms with Gasteiger partial charge < -0.3 is 10.1 Å². The van der Waals surface area contributed by atoms with Crippen LogP contribution in [0, 0.1) is 10.1 Å². The van der Waals surface area contributed by atoms with Crippen LogP contribution in [0.3, 0.4) is 0 Å². The summed E-state index contributed by atoms with van der Waals surface area (Å²) < 4.78 is 5.49. The van der Waals surface area contributed by atoms with Gasteiger partial charge in [0.15, 0.2) is 0 Å². The molecule has 21 heavy (non-hydrogen) atoms. The molecule has 1 heterocycles. The Kier molecular flexibility index (Phi) is 3.58. The van der Waals surface area contributed by atoms with Gasteiger partial charge in [-0.25, -0.2) is 0 Å². The monoisotopic (exact) mass is 284 g/mol. The van der Waals surface area contributed by atoms with E-state index in [1.54, 1.807) is 19.2 Å². The number of non-ortho nitro benzene ring substituents is 1. The van der Waals surface area contributed by atoms with E-state index in [0.717, 1.165) is 24.4 Å². The normalized spacial score (nSPS) is 17.1. The highest BCUT2D eigenvalue weighted by atomic mass is 16.6. The molecule has 1 aliphatic rings. The molecule has 1 aliphatic heterocycles. The first-order chi connectivity index (χ1) is 10.2. The van der Waals surface area contributed by atoms with Crippen molar-refractivity contribution in [1.82, 2.24) is 5.32 Å². The number of methoxy groups -OCH3 is 1. The van der Waals surface area contributed by atoms with Gasteiger partial charge in [0.2, 0.25) is 0 Å². The SMILES string of the molecule is COc1cccc2c1C(c1ccc([N+](=O)[O-])cc1)CNC2. The third-order valence-corrected chi connectivity index (χ3v) is 3.89. The number of nitro benzene ring substituents is 1. The van der Waals surface area contributed by atoms with Crippen molar-refractivity contribution in [3.8, 4) is 5.75 Å². The van der Waals surface area contributed by atoms with E-state index in [9.17, 15) is 10.1 Å². The summed E-state index contributed by atoms with van der Waals surface area (Å²) in [5.74, 6) is 1.02. The minimum absolute atomic E-state index is 0.114. The minimum atomic E-state index is -0.378. The molecule has 108 valence electrons. The van der Waals surface area contributed by atoms with Crippen molar-refractivity contribution >= 4 is 5.69 Å². The van der Waals surface area contributed by atoms with Crippen LogP contribution in [0.5, 0.6) is 5.75 Å². The third-order valence-electron chi connectivity index (χ3n) is 3.89. The molecule has 0 radical (unpaired) electrons. The zero-order valence-electron chi connectivity index (χ0n) is 11.7. The summed E-state index contributed by atoms with van der Waals surface area (Å²) in [5.41, 5.74) is 3.55. The summed E-state index contributed by atoms with van der Waals surface area (Å²) >= 11 is 0. The molecule has 0 aliphatic carbocycles. The highest BCUT2D eigenvalue weighted by Gasteiger charge is 2.25. The molecule has 0 amide bonds. The summed E-state index contributed by atoms with van der Waals surface area (Å²) in [6, 6.07) is 12.8. The number of fused-ring (bicyclic) bond motifs is 1. The van der Waals surface area contributed by atoms with Crippen molar-refractivity contribution in [2.24, 2.45) is 0 Å². The molecule has 1 atom stereocenters. The second-order valence-electron chi connectivity index (χ2n) is 5.07. The van der Waals surface area contributed by atoms with Crippen LogP contribution < -0.4 is 10.1 Å². The largest absolute Gasteiger partial charge is 0.496 e. The van der Waals surface area contributed by atoms with Crippen LogP contribution in [0.25, 0.3) is 0 Å². The molecule has 0 saturated carbocycles. The molecule has 0 spiro atoms. The molecule has 3 rings (SSSR count). The van der Waals surface area contributed by atoms with Crippen LogP contribution >= 0.6 is 0 Å². The third kappa shape index (κ3) is 2.48. The summed E-state index contributed by atoms with van der Waals surface area (Å²) in [6.07, 6.45) is 0. The molecule has 0 fully saturated rings. The van der Waals surface area contributed by atoms with Gasteiger partial charge >= 0.3 is 0 Å². The van der Waals surface area contributed by atoms with E-state index in [4.69, 9.17) is 4.74 Å². The van der Waals surface area contributed by atoms with Crippen molar-refractivity contribution < 1.29 is 9.66 Å². The second kappa shape index (κ2) is 5.54. The lowest BCUT2D eigenvalue weighted by atomic mass is 9.85. The molecule has 1 unspecified atom stereocenters. The van der Waals surface area contributed by atoms with E-state index in [1.807, 2.05) is 24.3 Å². The first-order valence-electron chi connectivity index (χ1n) is 6.81. The Balaban J connectivity index is 2.03. The van der Waals surface area contributed by atoms with Crippen molar-refractivity contribution in [2.75, 3.05) is 13.7 Å². The molecule has 1 N–H and O–H groups in total. The van der Waals surface area contributed by atoms with Gasteiger partial charge in [0, 0.05) is 36.7 Å². The number of nitrogens with one attached hydrogen (secondary N) is 1. The smallest absolute Gasteiger partial charge is 0.269 e. The predicted octanol–water partition coefficient (Wildman–Crippen LogP) is 2.84. The van der Waals surface area contributed by atoms with Gasteiger partial charge in [-0.05, 0) is 17.2 Å². The first kappa shape index (κ1) is 13.6. The van der Waals surface area contributed by atoms with Crippen LogP contribution in [-0.4, -0.2) is 18.6 Å². The average molecular weight is 284 g/mol. The Morgan fingerprint density at radius 2 is 2.00 bits per heavy atom. The molecule has 0 aromatic heterocycles. The highest BCUT2D eigenvalue weighted by Crippen LogP contribution is 2.37. The zero-order chi connectivity index (χ0) is 14.8. The zero-order valence-corrected chi connectivity index (χ0v) is 11.7. The van der Waals surface area contributed by atoms with Gasteiger partial charge in [0.05, 0.1) is 12.0 Å². The van der Waals surface area contributed by atoms with Crippen LogP contribution in [-0.2, 0) is 6.54 Å². The highest BCUT2D eigenvalue weighted by molar-refractivity contribution is 5.50. The summed E-state index contributed by atoms with van der Waals surface area (Å²) in [5, 5.41) is 14.1. The molecular weight excluding hydrogens is 268 g/mol. The molecule has 2 aromatic carbocycles. The van der Waals surface area contributed by atoms with Crippen LogP contribution in [0.15, 0.2) is 42.5 Å². The molecule has 5 heteroatoms. The molecule has 0 saturated heterocycles. The minimum Gasteiger partial charge on any atom is -0.496 e.